The third-order valence-corrected chi connectivity index (χ3v) is 3.80. The molecule has 0 amide bonds. The van der Waals surface area contributed by atoms with E-state index in [1.807, 2.05) is 6.07 Å². The average molecular weight is 348 g/mol. The number of halogens is 2. The van der Waals surface area contributed by atoms with Crippen molar-refractivity contribution in [3.8, 4) is 5.75 Å². The van der Waals surface area contributed by atoms with Crippen LogP contribution in [-0.2, 0) is 0 Å². The van der Waals surface area contributed by atoms with Crippen LogP contribution >= 0.6 is 15.9 Å². The van der Waals surface area contributed by atoms with Crippen LogP contribution in [0.15, 0.2) is 47.1 Å². The Labute approximate surface area is 128 Å². The first-order valence-electron chi connectivity index (χ1n) is 6.25. The van der Waals surface area contributed by atoms with Gasteiger partial charge < -0.3 is 9.72 Å². The molecule has 1 aromatic heterocycles. The number of methoxy groups -OCH3 is 1. The third-order valence-electron chi connectivity index (χ3n) is 3.31. The van der Waals surface area contributed by atoms with Crippen LogP contribution in [0.1, 0.15) is 15.9 Å². The highest BCUT2D eigenvalue weighted by molar-refractivity contribution is 9.10. The molecule has 2 aromatic carbocycles. The van der Waals surface area contributed by atoms with E-state index in [0.717, 1.165) is 5.52 Å². The number of H-pyrrole nitrogens is 1. The van der Waals surface area contributed by atoms with Crippen LogP contribution in [0.5, 0.6) is 5.75 Å². The maximum atomic E-state index is 14.0. The first-order valence-corrected chi connectivity index (χ1v) is 7.04. The van der Waals surface area contributed by atoms with E-state index < -0.39 is 5.82 Å². The van der Waals surface area contributed by atoms with Crippen molar-refractivity contribution < 1.29 is 13.9 Å². The van der Waals surface area contributed by atoms with E-state index in [1.54, 1.807) is 31.5 Å². The summed E-state index contributed by atoms with van der Waals surface area (Å²) in [4.78, 5) is 15.5. The normalized spacial score (nSPS) is 10.8. The lowest BCUT2D eigenvalue weighted by molar-refractivity contribution is 0.103. The number of hydrogen-bond acceptors (Lipinski definition) is 2. The summed E-state index contributed by atoms with van der Waals surface area (Å²) in [7, 11) is 1.56. The van der Waals surface area contributed by atoms with Crippen LogP contribution in [0, 0.1) is 5.82 Å². The van der Waals surface area contributed by atoms with Gasteiger partial charge in [-0.2, -0.15) is 0 Å². The number of nitrogens with one attached hydrogen (secondary N) is 1. The van der Waals surface area contributed by atoms with E-state index in [4.69, 9.17) is 4.74 Å². The number of ketones is 1. The molecule has 0 bridgehead atoms. The molecule has 0 radical (unpaired) electrons. The van der Waals surface area contributed by atoms with Gasteiger partial charge in [0.2, 0.25) is 0 Å². The van der Waals surface area contributed by atoms with Gasteiger partial charge in [-0.3, -0.25) is 4.79 Å². The van der Waals surface area contributed by atoms with E-state index in [9.17, 15) is 9.18 Å². The zero-order chi connectivity index (χ0) is 15.0. The van der Waals surface area contributed by atoms with Crippen molar-refractivity contribution in [2.24, 2.45) is 0 Å². The Morgan fingerprint density at radius 1 is 1.19 bits per heavy atom. The molecule has 0 saturated heterocycles. The molecule has 0 atom stereocenters. The summed E-state index contributed by atoms with van der Waals surface area (Å²) in [6.45, 7) is 0. The fourth-order valence-electron chi connectivity index (χ4n) is 2.23. The molecule has 0 aliphatic heterocycles. The first-order chi connectivity index (χ1) is 10.1. The number of carbonyl (C=O) groups is 1. The van der Waals surface area contributed by atoms with Gasteiger partial charge in [0.25, 0.3) is 0 Å². The van der Waals surface area contributed by atoms with E-state index >= 15 is 0 Å². The number of hydrogen-bond donors (Lipinski definition) is 1. The van der Waals surface area contributed by atoms with Crippen molar-refractivity contribution in [3.05, 3.63) is 64.0 Å². The SMILES string of the molecule is COc1ccc2[nH]cc(C(=O)c3ccc(Br)cc3F)c2c1. The highest BCUT2D eigenvalue weighted by Gasteiger charge is 2.18. The Morgan fingerprint density at radius 2 is 2.00 bits per heavy atom. The minimum Gasteiger partial charge on any atom is -0.497 e. The molecule has 0 spiro atoms. The molecule has 106 valence electrons. The van der Waals surface area contributed by atoms with Gasteiger partial charge >= 0.3 is 0 Å². The summed E-state index contributed by atoms with van der Waals surface area (Å²) in [6.07, 6.45) is 1.59. The molecule has 0 saturated carbocycles. The Morgan fingerprint density at radius 3 is 2.71 bits per heavy atom. The Hall–Kier alpha value is -2.14. The van der Waals surface area contributed by atoms with Crippen LogP contribution in [-0.4, -0.2) is 17.9 Å². The number of rotatable bonds is 3. The number of aromatic amines is 1. The second kappa shape index (κ2) is 5.33. The smallest absolute Gasteiger partial charge is 0.198 e. The van der Waals surface area contributed by atoms with Gasteiger partial charge in [0.15, 0.2) is 5.78 Å². The summed E-state index contributed by atoms with van der Waals surface area (Å²) in [5, 5.41) is 0.710. The van der Waals surface area contributed by atoms with Crippen molar-refractivity contribution in [1.82, 2.24) is 4.98 Å². The second-order valence-electron chi connectivity index (χ2n) is 4.57. The fourth-order valence-corrected chi connectivity index (χ4v) is 2.57. The molecule has 5 heteroatoms. The molecular weight excluding hydrogens is 337 g/mol. The number of carbonyl (C=O) groups excluding carboxylic acids is 1. The quantitative estimate of drug-likeness (QED) is 0.717. The molecule has 0 unspecified atom stereocenters. The van der Waals surface area contributed by atoms with Crippen molar-refractivity contribution in [2.75, 3.05) is 7.11 Å². The lowest BCUT2D eigenvalue weighted by Gasteiger charge is -2.03. The molecule has 3 nitrogen and oxygen atoms in total. The largest absolute Gasteiger partial charge is 0.497 e. The van der Waals surface area contributed by atoms with E-state index in [-0.39, 0.29) is 11.3 Å². The van der Waals surface area contributed by atoms with E-state index in [1.165, 1.54) is 12.1 Å². The summed E-state index contributed by atoms with van der Waals surface area (Å²) >= 11 is 3.18. The zero-order valence-corrected chi connectivity index (χ0v) is 12.7. The van der Waals surface area contributed by atoms with Gasteiger partial charge in [-0.05, 0) is 36.4 Å². The molecule has 3 rings (SSSR count). The Kier molecular flexibility index (Phi) is 3.51. The van der Waals surface area contributed by atoms with Crippen LogP contribution in [0.25, 0.3) is 10.9 Å². The monoisotopic (exact) mass is 347 g/mol. The maximum Gasteiger partial charge on any atom is 0.198 e. The standard InChI is InChI=1S/C16H11BrFNO2/c1-21-10-3-5-15-12(7-10)13(8-19-15)16(20)11-4-2-9(17)6-14(11)18/h2-8,19H,1H3. The number of ether oxygens (including phenoxy) is 1. The summed E-state index contributed by atoms with van der Waals surface area (Å²) < 4.78 is 19.7. The highest BCUT2D eigenvalue weighted by atomic mass is 79.9. The highest BCUT2D eigenvalue weighted by Crippen LogP contribution is 2.26. The lowest BCUT2D eigenvalue weighted by atomic mass is 10.0. The summed E-state index contributed by atoms with van der Waals surface area (Å²) in [5.41, 5.74) is 1.27. The number of aromatic nitrogens is 1. The van der Waals surface area contributed by atoms with E-state index in [0.29, 0.717) is 21.2 Å². The van der Waals surface area contributed by atoms with Crippen LogP contribution < -0.4 is 4.74 Å². The van der Waals surface area contributed by atoms with Crippen LogP contribution in [0.4, 0.5) is 4.39 Å². The molecule has 0 aliphatic carbocycles. The van der Waals surface area contributed by atoms with E-state index in [2.05, 4.69) is 20.9 Å². The van der Waals surface area contributed by atoms with Crippen molar-refractivity contribution >= 4 is 32.6 Å². The first kappa shape index (κ1) is 13.8. The van der Waals surface area contributed by atoms with Gasteiger partial charge in [0, 0.05) is 27.1 Å². The predicted molar refractivity (Wildman–Crippen MR) is 82.4 cm³/mol. The predicted octanol–water partition coefficient (Wildman–Crippen LogP) is 4.31. The van der Waals surface area contributed by atoms with Crippen LogP contribution in [0.3, 0.4) is 0 Å². The van der Waals surface area contributed by atoms with Crippen molar-refractivity contribution in [2.45, 2.75) is 0 Å². The molecule has 1 heterocycles. The summed E-state index contributed by atoms with van der Waals surface area (Å²) in [5.74, 6) is -0.265. The molecule has 21 heavy (non-hydrogen) atoms. The molecule has 3 aromatic rings. The zero-order valence-electron chi connectivity index (χ0n) is 11.1. The third kappa shape index (κ3) is 2.45. The van der Waals surface area contributed by atoms with Gasteiger partial charge in [-0.1, -0.05) is 15.9 Å². The summed E-state index contributed by atoms with van der Waals surface area (Å²) in [6, 6.07) is 9.78. The maximum absolute atomic E-state index is 14.0. The molecule has 0 fully saturated rings. The van der Waals surface area contributed by atoms with Crippen molar-refractivity contribution in [1.29, 1.82) is 0 Å². The molecular formula is C16H11BrFNO2. The van der Waals surface area contributed by atoms with Crippen LogP contribution in [0.2, 0.25) is 0 Å². The Balaban J connectivity index is 2.13. The van der Waals surface area contributed by atoms with Gasteiger partial charge in [-0.25, -0.2) is 4.39 Å². The number of benzene rings is 2. The van der Waals surface area contributed by atoms with Gasteiger partial charge in [0.05, 0.1) is 12.7 Å². The molecule has 0 aliphatic rings. The minimum absolute atomic E-state index is 0.0434. The van der Waals surface area contributed by atoms with Crippen molar-refractivity contribution in [3.63, 3.8) is 0 Å². The average Bonchev–Trinajstić information content (AvgIpc) is 2.89. The fraction of sp³-hybridized carbons (Fsp3) is 0.0625. The Bertz CT molecular complexity index is 841. The van der Waals surface area contributed by atoms with Gasteiger partial charge in [0.1, 0.15) is 11.6 Å². The topological polar surface area (TPSA) is 42.1 Å². The second-order valence-corrected chi connectivity index (χ2v) is 5.48. The minimum atomic E-state index is -0.549. The van der Waals surface area contributed by atoms with Gasteiger partial charge in [-0.15, -0.1) is 0 Å². The molecule has 1 N–H and O–H groups in total. The lowest BCUT2D eigenvalue weighted by Crippen LogP contribution is -2.03. The number of fused-ring (bicyclic) bond motifs is 1.